The van der Waals surface area contributed by atoms with E-state index in [2.05, 4.69) is 80.8 Å². The molecule has 0 saturated carbocycles. The Bertz CT molecular complexity index is 213. The van der Waals surface area contributed by atoms with Gasteiger partial charge in [-0.3, -0.25) is 0 Å². The van der Waals surface area contributed by atoms with Crippen LogP contribution in [0.15, 0.2) is 0 Å². The molecule has 3 heteroatoms. The Morgan fingerprint density at radius 1 is 0.611 bits per heavy atom. The summed E-state index contributed by atoms with van der Waals surface area (Å²) in [7, 11) is -2.12. The van der Waals surface area contributed by atoms with Crippen LogP contribution in [-0.2, 0) is 0 Å². The topological polar surface area (TPSA) is 0 Å². The molecule has 0 radical (unpaired) electrons. The van der Waals surface area contributed by atoms with Crippen molar-refractivity contribution in [2.24, 2.45) is 0 Å². The van der Waals surface area contributed by atoms with Gasteiger partial charge in [-0.15, -0.1) is 0 Å². The summed E-state index contributed by atoms with van der Waals surface area (Å²) in [5.41, 5.74) is 0. The molecule has 0 fully saturated rings. The van der Waals surface area contributed by atoms with E-state index in [-0.39, 0.29) is 0 Å². The summed E-state index contributed by atoms with van der Waals surface area (Å²) < 4.78 is 2.35. The van der Waals surface area contributed by atoms with E-state index in [1.807, 2.05) is 0 Å². The molecular formula is C15H37GaSi2. The SMILES string of the molecule is C[C](C)(C)[Ga]([CH]([Si](C)(C)C)[Si](C)(C)C)[C](C)(C)C. The molecule has 0 unspecified atom stereocenters. The van der Waals surface area contributed by atoms with Crippen molar-refractivity contribution in [2.45, 2.75) is 92.5 Å². The summed E-state index contributed by atoms with van der Waals surface area (Å²) in [6.45, 7) is 31.0. The van der Waals surface area contributed by atoms with E-state index in [4.69, 9.17) is 0 Å². The summed E-state index contributed by atoms with van der Waals surface area (Å²) in [6, 6.07) is 0. The van der Waals surface area contributed by atoms with Gasteiger partial charge in [0.15, 0.2) is 0 Å². The summed E-state index contributed by atoms with van der Waals surface area (Å²) in [6.07, 6.45) is 0. The van der Waals surface area contributed by atoms with Crippen LogP contribution in [0.4, 0.5) is 0 Å². The third kappa shape index (κ3) is 5.22. The van der Waals surface area contributed by atoms with Crippen molar-refractivity contribution >= 4 is 32.4 Å². The van der Waals surface area contributed by atoms with Gasteiger partial charge in [0.2, 0.25) is 0 Å². The Balaban J connectivity index is 5.84. The van der Waals surface area contributed by atoms with Crippen LogP contribution in [0.3, 0.4) is 0 Å². The Kier molecular flexibility index (Phi) is 5.78. The third-order valence-electron chi connectivity index (χ3n) is 4.07. The molecule has 0 aliphatic heterocycles. The van der Waals surface area contributed by atoms with Crippen LogP contribution in [0.1, 0.15) is 41.5 Å². The summed E-state index contributed by atoms with van der Waals surface area (Å²) in [4.78, 5) is 0. The summed E-state index contributed by atoms with van der Waals surface area (Å²) >= 11 is -1.44. The molecule has 0 aliphatic carbocycles. The Labute approximate surface area is 124 Å². The van der Waals surface area contributed by atoms with E-state index >= 15 is 0 Å². The molecule has 0 spiro atoms. The zero-order chi connectivity index (χ0) is 15.2. The van der Waals surface area contributed by atoms with E-state index in [0.29, 0.717) is 7.94 Å². The van der Waals surface area contributed by atoms with Gasteiger partial charge in [0, 0.05) is 0 Å². The van der Waals surface area contributed by atoms with Gasteiger partial charge in [-0.05, 0) is 0 Å². The van der Waals surface area contributed by atoms with Crippen LogP contribution in [0.25, 0.3) is 0 Å². The molecule has 0 N–H and O–H groups in total. The maximum atomic E-state index is 2.63. The Hall–Kier alpha value is 1.07. The van der Waals surface area contributed by atoms with Crippen LogP contribution in [0.2, 0.25) is 50.9 Å². The van der Waals surface area contributed by atoms with Crippen LogP contribution in [0.5, 0.6) is 0 Å². The molecule has 0 bridgehead atoms. The van der Waals surface area contributed by atoms with Crippen LogP contribution < -0.4 is 0 Å². The maximum absolute atomic E-state index is 2.63. The molecule has 0 rings (SSSR count). The fraction of sp³-hybridized carbons (Fsp3) is 1.00. The van der Waals surface area contributed by atoms with E-state index in [1.54, 1.807) is 0 Å². The minimum absolute atomic E-state index is 0.594. The van der Waals surface area contributed by atoms with Crippen LogP contribution in [0, 0.1) is 0 Å². The first kappa shape index (κ1) is 19.1. The van der Waals surface area contributed by atoms with Gasteiger partial charge in [-0.2, -0.15) is 0 Å². The molecule has 18 heavy (non-hydrogen) atoms. The van der Waals surface area contributed by atoms with Gasteiger partial charge in [0.05, 0.1) is 0 Å². The molecule has 0 saturated heterocycles. The molecule has 0 nitrogen and oxygen atoms in total. The normalized spacial score (nSPS) is 15.2. The molecule has 0 aliphatic rings. The van der Waals surface area contributed by atoms with Crippen molar-refractivity contribution in [3.8, 4) is 0 Å². The molecule has 0 heterocycles. The van der Waals surface area contributed by atoms with Gasteiger partial charge in [0.1, 0.15) is 0 Å². The molecule has 0 aromatic rings. The van der Waals surface area contributed by atoms with Gasteiger partial charge < -0.3 is 0 Å². The van der Waals surface area contributed by atoms with Crippen molar-refractivity contribution in [1.82, 2.24) is 0 Å². The zero-order valence-electron chi connectivity index (χ0n) is 15.2. The Morgan fingerprint density at radius 3 is 0.889 bits per heavy atom. The van der Waals surface area contributed by atoms with Gasteiger partial charge in [0.25, 0.3) is 0 Å². The van der Waals surface area contributed by atoms with E-state index in [9.17, 15) is 0 Å². The molecule has 0 aromatic carbocycles. The van der Waals surface area contributed by atoms with Gasteiger partial charge in [-0.25, -0.2) is 0 Å². The predicted molar refractivity (Wildman–Crippen MR) is 95.6 cm³/mol. The van der Waals surface area contributed by atoms with E-state index in [0.717, 1.165) is 3.72 Å². The monoisotopic (exact) mass is 342 g/mol. The van der Waals surface area contributed by atoms with Crippen molar-refractivity contribution in [3.05, 3.63) is 0 Å². The van der Waals surface area contributed by atoms with Gasteiger partial charge >= 0.3 is 125 Å². The van der Waals surface area contributed by atoms with Crippen molar-refractivity contribution in [3.63, 3.8) is 0 Å². The van der Waals surface area contributed by atoms with Crippen LogP contribution in [-0.4, -0.2) is 32.4 Å². The third-order valence-corrected chi connectivity index (χ3v) is 38.3. The van der Waals surface area contributed by atoms with Gasteiger partial charge in [-0.1, -0.05) is 0 Å². The fourth-order valence-electron chi connectivity index (χ4n) is 4.60. The fourth-order valence-corrected chi connectivity index (χ4v) is 49.6. The average molecular weight is 343 g/mol. The molecular weight excluding hydrogens is 306 g/mol. The quantitative estimate of drug-likeness (QED) is 0.535. The molecule has 0 atom stereocenters. The second kappa shape index (κ2) is 5.45. The van der Waals surface area contributed by atoms with Crippen molar-refractivity contribution < 1.29 is 0 Å². The first-order valence-electron chi connectivity index (χ1n) is 7.49. The first-order valence-corrected chi connectivity index (χ1v) is 18.5. The predicted octanol–water partition coefficient (Wildman–Crippen LogP) is 6.21. The first-order chi connectivity index (χ1) is 7.49. The van der Waals surface area contributed by atoms with Crippen molar-refractivity contribution in [2.75, 3.05) is 0 Å². The Morgan fingerprint density at radius 2 is 0.833 bits per heavy atom. The molecule has 108 valence electrons. The summed E-state index contributed by atoms with van der Waals surface area (Å²) in [5, 5.41) is 0. The standard InChI is InChI=1S/C7H19Si2.2C4H9.Ga/c1-8(2,3)7-9(4,5)6;2*1-4(2)3;/h7H,1-6H3;2*1-3H3;. The number of hydrogen-bond acceptors (Lipinski definition) is 0. The van der Waals surface area contributed by atoms with E-state index < -0.39 is 32.4 Å². The minimum atomic E-state index is -1.44. The second-order valence-corrected chi connectivity index (χ2v) is 35.2. The van der Waals surface area contributed by atoms with Crippen molar-refractivity contribution in [1.29, 1.82) is 0 Å². The van der Waals surface area contributed by atoms with E-state index in [1.165, 1.54) is 0 Å². The number of rotatable bonds is 3. The zero-order valence-corrected chi connectivity index (χ0v) is 19.6. The number of hydrogen-bond donors (Lipinski definition) is 0. The van der Waals surface area contributed by atoms with Crippen LogP contribution >= 0.6 is 0 Å². The second-order valence-electron chi connectivity index (χ2n) is 10.4. The summed E-state index contributed by atoms with van der Waals surface area (Å²) in [5.74, 6) is 0. The molecule has 0 aromatic heterocycles. The average Bonchev–Trinajstić information content (AvgIpc) is 1.89. The molecule has 0 amide bonds.